The first-order chi connectivity index (χ1) is 8.88. The van der Waals surface area contributed by atoms with E-state index in [1.54, 1.807) is 0 Å². The van der Waals surface area contributed by atoms with Crippen LogP contribution in [0.3, 0.4) is 0 Å². The molecule has 106 valence electrons. The maximum absolute atomic E-state index is 12.0. The van der Waals surface area contributed by atoms with Crippen LogP contribution in [0.2, 0.25) is 0 Å². The molecule has 0 aromatic carbocycles. The number of H-pyrrole nitrogens is 2. The van der Waals surface area contributed by atoms with Crippen molar-refractivity contribution in [2.75, 3.05) is 0 Å². The van der Waals surface area contributed by atoms with Gasteiger partial charge in [0.25, 0.3) is 5.56 Å². The molecule has 8 nitrogen and oxygen atoms in total. The van der Waals surface area contributed by atoms with Crippen molar-refractivity contribution in [3.05, 3.63) is 27.0 Å². The highest BCUT2D eigenvalue weighted by Gasteiger charge is 2.26. The molecule has 1 fully saturated rings. The summed E-state index contributed by atoms with van der Waals surface area (Å²) in [5.74, 6) is 0. The van der Waals surface area contributed by atoms with Crippen molar-refractivity contribution in [2.24, 2.45) is 0 Å². The molecule has 0 saturated heterocycles. The molecule has 1 aliphatic rings. The smallest absolute Gasteiger partial charge is 0.325 e. The topological polar surface area (TPSA) is 132 Å². The molecule has 1 aromatic rings. The number of hydrogen-bond acceptors (Lipinski definition) is 5. The van der Waals surface area contributed by atoms with Crippen LogP contribution in [-0.2, 0) is 10.0 Å². The molecule has 4 N–H and O–H groups in total. The van der Waals surface area contributed by atoms with Crippen LogP contribution in [0.1, 0.15) is 25.7 Å². The minimum absolute atomic E-state index is 0.306. The maximum Gasteiger partial charge on any atom is 0.325 e. The molecule has 1 aromatic heterocycles. The highest BCUT2D eigenvalue weighted by molar-refractivity contribution is 7.89. The quantitative estimate of drug-likeness (QED) is 0.546. The van der Waals surface area contributed by atoms with Gasteiger partial charge in [0.1, 0.15) is 0 Å². The second-order valence-corrected chi connectivity index (χ2v) is 6.25. The summed E-state index contributed by atoms with van der Waals surface area (Å²) >= 11 is 0. The Balaban J connectivity index is 2.19. The molecule has 1 aliphatic carbocycles. The number of rotatable bonds is 3. The summed E-state index contributed by atoms with van der Waals surface area (Å²) in [5.41, 5.74) is -1.71. The first kappa shape index (κ1) is 14.0. The normalized spacial score (nSPS) is 24.3. The van der Waals surface area contributed by atoms with Gasteiger partial charge in [-0.15, -0.1) is 0 Å². The standard InChI is InChI=1S/C10H15N3O5S/c14-7-3-1-6(2-4-7)13-19(17,18)8-5-11-10(16)12-9(8)15/h5-7,13-14H,1-4H2,(H2,11,12,15,16). The van der Waals surface area contributed by atoms with Crippen molar-refractivity contribution in [3.8, 4) is 0 Å². The Labute approximate surface area is 108 Å². The monoisotopic (exact) mass is 289 g/mol. The van der Waals surface area contributed by atoms with Gasteiger partial charge in [-0.25, -0.2) is 17.9 Å². The van der Waals surface area contributed by atoms with E-state index < -0.39 is 32.3 Å². The van der Waals surface area contributed by atoms with E-state index in [1.165, 1.54) is 0 Å². The Kier molecular flexibility index (Phi) is 3.88. The first-order valence-corrected chi connectivity index (χ1v) is 7.39. The number of sulfonamides is 1. The predicted molar refractivity (Wildman–Crippen MR) is 66.3 cm³/mol. The number of aliphatic hydroxyl groups excluding tert-OH is 1. The van der Waals surface area contributed by atoms with Crippen LogP contribution in [-0.4, -0.2) is 35.6 Å². The van der Waals surface area contributed by atoms with E-state index in [-0.39, 0.29) is 6.04 Å². The van der Waals surface area contributed by atoms with Gasteiger partial charge in [-0.2, -0.15) is 0 Å². The Morgan fingerprint density at radius 1 is 1.21 bits per heavy atom. The largest absolute Gasteiger partial charge is 0.393 e. The summed E-state index contributed by atoms with van der Waals surface area (Å²) < 4.78 is 26.4. The molecule has 0 amide bonds. The van der Waals surface area contributed by atoms with E-state index in [4.69, 9.17) is 0 Å². The van der Waals surface area contributed by atoms with Crippen molar-refractivity contribution in [3.63, 3.8) is 0 Å². The van der Waals surface area contributed by atoms with Gasteiger partial charge in [-0.1, -0.05) is 0 Å². The number of aliphatic hydroxyl groups is 1. The molecule has 0 bridgehead atoms. The molecule has 2 rings (SSSR count). The Morgan fingerprint density at radius 3 is 2.42 bits per heavy atom. The van der Waals surface area contributed by atoms with Crippen LogP contribution in [0.25, 0.3) is 0 Å². The fourth-order valence-corrected chi connectivity index (χ4v) is 3.38. The fourth-order valence-electron chi connectivity index (χ4n) is 2.07. The molecule has 0 radical (unpaired) electrons. The van der Waals surface area contributed by atoms with E-state index in [0.29, 0.717) is 25.7 Å². The lowest BCUT2D eigenvalue weighted by Crippen LogP contribution is -2.41. The number of aromatic nitrogens is 2. The zero-order chi connectivity index (χ0) is 14.0. The molecule has 9 heteroatoms. The van der Waals surface area contributed by atoms with Crippen LogP contribution >= 0.6 is 0 Å². The molecule has 0 spiro atoms. The summed E-state index contributed by atoms with van der Waals surface area (Å²) in [6, 6.07) is -0.306. The van der Waals surface area contributed by atoms with Gasteiger partial charge < -0.3 is 10.1 Å². The van der Waals surface area contributed by atoms with E-state index in [1.807, 2.05) is 4.98 Å². The molecule has 19 heavy (non-hydrogen) atoms. The minimum Gasteiger partial charge on any atom is -0.393 e. The van der Waals surface area contributed by atoms with Gasteiger partial charge >= 0.3 is 5.69 Å². The zero-order valence-corrected chi connectivity index (χ0v) is 10.9. The lowest BCUT2D eigenvalue weighted by molar-refractivity contribution is 0.120. The Morgan fingerprint density at radius 2 is 1.84 bits per heavy atom. The second kappa shape index (κ2) is 5.27. The number of aromatic amines is 2. The van der Waals surface area contributed by atoms with Crippen LogP contribution < -0.4 is 16.0 Å². The minimum atomic E-state index is -3.97. The van der Waals surface area contributed by atoms with Crippen molar-refractivity contribution in [2.45, 2.75) is 42.7 Å². The van der Waals surface area contributed by atoms with Gasteiger partial charge in [0.15, 0.2) is 4.90 Å². The van der Waals surface area contributed by atoms with Gasteiger partial charge in [0, 0.05) is 12.2 Å². The van der Waals surface area contributed by atoms with E-state index in [2.05, 4.69) is 9.71 Å². The average Bonchev–Trinajstić information content (AvgIpc) is 2.31. The van der Waals surface area contributed by atoms with Gasteiger partial charge in [0.05, 0.1) is 6.10 Å². The van der Waals surface area contributed by atoms with Crippen molar-refractivity contribution < 1.29 is 13.5 Å². The third kappa shape index (κ3) is 3.31. The number of hydrogen-bond donors (Lipinski definition) is 4. The highest BCUT2D eigenvalue weighted by Crippen LogP contribution is 2.19. The molecule has 0 unspecified atom stereocenters. The molecule has 1 saturated carbocycles. The highest BCUT2D eigenvalue weighted by atomic mass is 32.2. The van der Waals surface area contributed by atoms with E-state index in [9.17, 15) is 23.1 Å². The first-order valence-electron chi connectivity index (χ1n) is 5.91. The summed E-state index contributed by atoms with van der Waals surface area (Å²) in [7, 11) is -3.97. The fraction of sp³-hybridized carbons (Fsp3) is 0.600. The van der Waals surface area contributed by atoms with Crippen LogP contribution in [0.15, 0.2) is 20.7 Å². The molecule has 0 aliphatic heterocycles. The lowest BCUT2D eigenvalue weighted by Gasteiger charge is -2.25. The van der Waals surface area contributed by atoms with Gasteiger partial charge in [0.2, 0.25) is 10.0 Å². The summed E-state index contributed by atoms with van der Waals surface area (Å²) in [4.78, 5) is 25.8. The molecule has 0 atom stereocenters. The van der Waals surface area contributed by atoms with E-state index >= 15 is 0 Å². The SMILES string of the molecule is O=c1[nH]cc(S(=O)(=O)NC2CCC(O)CC2)c(=O)[nH]1. The van der Waals surface area contributed by atoms with Crippen LogP contribution in [0.4, 0.5) is 0 Å². The van der Waals surface area contributed by atoms with Crippen molar-refractivity contribution >= 4 is 10.0 Å². The zero-order valence-electron chi connectivity index (χ0n) is 10.0. The maximum atomic E-state index is 12.0. The van der Waals surface area contributed by atoms with Gasteiger partial charge in [-0.05, 0) is 25.7 Å². The average molecular weight is 289 g/mol. The Bertz CT molecular complexity index is 654. The third-order valence-corrected chi connectivity index (χ3v) is 4.62. The van der Waals surface area contributed by atoms with E-state index in [0.717, 1.165) is 6.20 Å². The van der Waals surface area contributed by atoms with Crippen LogP contribution in [0, 0.1) is 0 Å². The molecule has 1 heterocycles. The molecular weight excluding hydrogens is 274 g/mol. The summed E-state index contributed by atoms with van der Waals surface area (Å²) in [6.07, 6.45) is 2.56. The lowest BCUT2D eigenvalue weighted by atomic mass is 9.94. The summed E-state index contributed by atoms with van der Waals surface area (Å²) in [5, 5.41) is 9.35. The number of nitrogens with one attached hydrogen (secondary N) is 3. The van der Waals surface area contributed by atoms with Gasteiger partial charge in [-0.3, -0.25) is 9.78 Å². The molecular formula is C10H15N3O5S. The second-order valence-electron chi connectivity index (χ2n) is 4.56. The predicted octanol–water partition coefficient (Wildman–Crippen LogP) is -1.35. The van der Waals surface area contributed by atoms with Crippen molar-refractivity contribution in [1.29, 1.82) is 0 Å². The summed E-state index contributed by atoms with van der Waals surface area (Å²) in [6.45, 7) is 0. The Hall–Kier alpha value is -1.45. The van der Waals surface area contributed by atoms with Crippen molar-refractivity contribution in [1.82, 2.24) is 14.7 Å². The third-order valence-electron chi connectivity index (χ3n) is 3.09. The van der Waals surface area contributed by atoms with Crippen LogP contribution in [0.5, 0.6) is 0 Å².